The number of nitrogen functional groups attached to an aromatic ring is 1. The van der Waals surface area contributed by atoms with E-state index in [0.29, 0.717) is 33.7 Å². The van der Waals surface area contributed by atoms with E-state index in [4.69, 9.17) is 5.73 Å². The minimum Gasteiger partial charge on any atom is -0.382 e. The quantitative estimate of drug-likeness (QED) is 0.622. The summed E-state index contributed by atoms with van der Waals surface area (Å²) >= 11 is 1.36. The van der Waals surface area contributed by atoms with Crippen LogP contribution in [0.15, 0.2) is 10.2 Å². The molecule has 0 amide bonds. The largest absolute Gasteiger partial charge is 0.382 e. The normalized spacial score (nSPS) is 12.6. The van der Waals surface area contributed by atoms with Gasteiger partial charge in [0.15, 0.2) is 11.5 Å². The molecule has 10 nitrogen and oxygen atoms in total. The molecule has 0 aliphatic heterocycles. The molecule has 0 radical (unpaired) electrons. The number of azo groups is 1. The van der Waals surface area contributed by atoms with E-state index < -0.39 is 0 Å². The molecule has 3 aromatic rings. The summed E-state index contributed by atoms with van der Waals surface area (Å²) in [6.45, 7) is 13.9. The van der Waals surface area contributed by atoms with Crippen LogP contribution < -0.4 is 5.73 Å². The van der Waals surface area contributed by atoms with Crippen LogP contribution in [0.5, 0.6) is 0 Å². The maximum atomic E-state index is 9.89. The highest BCUT2D eigenvalue weighted by atomic mass is 32.1. The van der Waals surface area contributed by atoms with Gasteiger partial charge in [0.2, 0.25) is 5.13 Å². The van der Waals surface area contributed by atoms with Crippen LogP contribution >= 0.6 is 11.3 Å². The highest BCUT2D eigenvalue weighted by Gasteiger charge is 2.30. The Bertz CT molecular complexity index is 1160. The Hall–Kier alpha value is -3.13. The van der Waals surface area contributed by atoms with Gasteiger partial charge >= 0.3 is 0 Å². The number of rotatable bonds is 3. The SMILES string of the molecule is Cc1nnc(-n2nc(C(C)(C)C)c(C#N)c2N=Nc2c(C(C)(C)C)nn(C)c2N)s1. The van der Waals surface area contributed by atoms with E-state index in [9.17, 15) is 5.26 Å². The van der Waals surface area contributed by atoms with Crippen molar-refractivity contribution in [2.45, 2.75) is 59.3 Å². The number of hydrogen-bond donors (Lipinski definition) is 1. The summed E-state index contributed by atoms with van der Waals surface area (Å²) in [4.78, 5) is 0. The van der Waals surface area contributed by atoms with Gasteiger partial charge in [0.05, 0.1) is 11.4 Å². The van der Waals surface area contributed by atoms with Crippen molar-refractivity contribution in [2.75, 3.05) is 5.73 Å². The van der Waals surface area contributed by atoms with Crippen LogP contribution in [0, 0.1) is 18.3 Å². The van der Waals surface area contributed by atoms with Crippen molar-refractivity contribution in [1.82, 2.24) is 29.8 Å². The Kier molecular flexibility index (Phi) is 5.24. The zero-order valence-corrected chi connectivity index (χ0v) is 19.3. The zero-order chi connectivity index (χ0) is 22.4. The van der Waals surface area contributed by atoms with Crippen molar-refractivity contribution in [1.29, 1.82) is 5.26 Å². The Morgan fingerprint density at radius 3 is 2.13 bits per heavy atom. The Balaban J connectivity index is 2.24. The van der Waals surface area contributed by atoms with Crippen molar-refractivity contribution < 1.29 is 0 Å². The Morgan fingerprint density at radius 2 is 1.63 bits per heavy atom. The molecule has 0 atom stereocenters. The summed E-state index contributed by atoms with van der Waals surface area (Å²) in [5.74, 6) is 0.692. The third-order valence-electron chi connectivity index (χ3n) is 4.40. The molecular formula is C19H26N10S. The zero-order valence-electron chi connectivity index (χ0n) is 18.5. The van der Waals surface area contributed by atoms with Crippen LogP contribution in [0.4, 0.5) is 17.3 Å². The molecule has 3 aromatic heterocycles. The minimum atomic E-state index is -0.371. The van der Waals surface area contributed by atoms with E-state index in [1.165, 1.54) is 16.0 Å². The van der Waals surface area contributed by atoms with Gasteiger partial charge in [-0.25, -0.2) is 0 Å². The summed E-state index contributed by atoms with van der Waals surface area (Å²) in [5.41, 5.74) is 7.71. The number of nitriles is 1. The van der Waals surface area contributed by atoms with Crippen LogP contribution in [-0.2, 0) is 17.9 Å². The summed E-state index contributed by atoms with van der Waals surface area (Å²) in [6.07, 6.45) is 0. The molecule has 30 heavy (non-hydrogen) atoms. The number of nitrogens with two attached hydrogens (primary N) is 1. The maximum Gasteiger partial charge on any atom is 0.234 e. The van der Waals surface area contributed by atoms with E-state index in [0.717, 1.165) is 10.7 Å². The van der Waals surface area contributed by atoms with Crippen molar-refractivity contribution in [2.24, 2.45) is 17.3 Å². The van der Waals surface area contributed by atoms with Crippen LogP contribution in [0.2, 0.25) is 0 Å². The molecule has 0 fully saturated rings. The number of nitrogens with zero attached hydrogens (tertiary/aromatic N) is 9. The highest BCUT2D eigenvalue weighted by molar-refractivity contribution is 7.13. The summed E-state index contributed by atoms with van der Waals surface area (Å²) in [7, 11) is 1.76. The smallest absolute Gasteiger partial charge is 0.234 e. The Morgan fingerprint density at radius 1 is 1.00 bits per heavy atom. The minimum absolute atomic E-state index is 0.283. The molecule has 0 saturated carbocycles. The van der Waals surface area contributed by atoms with Gasteiger partial charge in [-0.05, 0) is 6.92 Å². The molecule has 0 saturated heterocycles. The summed E-state index contributed by atoms with van der Waals surface area (Å²) in [6, 6.07) is 2.24. The molecule has 3 rings (SSSR count). The van der Waals surface area contributed by atoms with Crippen LogP contribution in [0.25, 0.3) is 5.13 Å². The molecule has 158 valence electrons. The van der Waals surface area contributed by atoms with Gasteiger partial charge in [-0.1, -0.05) is 52.9 Å². The fourth-order valence-electron chi connectivity index (χ4n) is 2.86. The van der Waals surface area contributed by atoms with Crippen LogP contribution in [0.3, 0.4) is 0 Å². The lowest BCUT2D eigenvalue weighted by Crippen LogP contribution is -2.14. The van der Waals surface area contributed by atoms with Gasteiger partial charge in [-0.2, -0.15) is 20.1 Å². The molecule has 0 aliphatic rings. The Labute approximate surface area is 179 Å². The molecule has 0 aliphatic carbocycles. The standard InChI is InChI=1S/C19H26N10S/c1-10-22-25-17(30-10)29-16(11(9-20)13(27-29)18(2,3)4)24-23-12-14(19(5,6)7)26-28(8)15(12)21/h21H2,1-8H3. The summed E-state index contributed by atoms with van der Waals surface area (Å²) in [5, 5.41) is 37.4. The van der Waals surface area contributed by atoms with E-state index in [2.05, 4.69) is 36.7 Å². The van der Waals surface area contributed by atoms with Gasteiger partial charge in [-0.15, -0.1) is 20.4 Å². The molecule has 0 spiro atoms. The van der Waals surface area contributed by atoms with Crippen molar-refractivity contribution in [3.63, 3.8) is 0 Å². The first-order chi connectivity index (χ1) is 13.8. The third kappa shape index (κ3) is 3.82. The molecule has 3 heterocycles. The molecule has 0 unspecified atom stereocenters. The van der Waals surface area contributed by atoms with E-state index in [1.54, 1.807) is 11.7 Å². The average molecular weight is 427 g/mol. The number of aryl methyl sites for hydroxylation is 2. The molecular weight excluding hydrogens is 400 g/mol. The molecule has 0 bridgehead atoms. The molecule has 0 aromatic carbocycles. The van der Waals surface area contributed by atoms with Crippen LogP contribution in [0.1, 0.15) is 63.5 Å². The summed E-state index contributed by atoms with van der Waals surface area (Å²) < 4.78 is 3.10. The van der Waals surface area contributed by atoms with Gasteiger partial charge in [0.25, 0.3) is 0 Å². The first-order valence-electron chi connectivity index (χ1n) is 9.43. The molecule has 2 N–H and O–H groups in total. The molecule has 11 heteroatoms. The fraction of sp³-hybridized carbons (Fsp3) is 0.526. The van der Waals surface area contributed by atoms with Crippen molar-refractivity contribution >= 4 is 28.7 Å². The second kappa shape index (κ2) is 7.28. The second-order valence-corrected chi connectivity index (χ2v) is 10.2. The van der Waals surface area contributed by atoms with E-state index in [1.807, 2.05) is 48.5 Å². The highest BCUT2D eigenvalue weighted by Crippen LogP contribution is 2.38. The van der Waals surface area contributed by atoms with Crippen molar-refractivity contribution in [3.8, 4) is 11.2 Å². The van der Waals surface area contributed by atoms with Crippen molar-refractivity contribution in [3.05, 3.63) is 22.0 Å². The maximum absolute atomic E-state index is 9.89. The van der Waals surface area contributed by atoms with Crippen LogP contribution in [-0.4, -0.2) is 29.8 Å². The predicted octanol–water partition coefficient (Wildman–Crippen LogP) is 4.23. The predicted molar refractivity (Wildman–Crippen MR) is 116 cm³/mol. The third-order valence-corrected chi connectivity index (χ3v) is 5.21. The van der Waals surface area contributed by atoms with E-state index in [-0.39, 0.29) is 10.8 Å². The first-order valence-corrected chi connectivity index (χ1v) is 10.2. The number of aromatic nitrogens is 6. The van der Waals surface area contributed by atoms with Gasteiger partial charge in [0.1, 0.15) is 22.5 Å². The monoisotopic (exact) mass is 426 g/mol. The van der Waals surface area contributed by atoms with Gasteiger partial charge < -0.3 is 5.73 Å². The average Bonchev–Trinajstić information content (AvgIpc) is 3.29. The lowest BCUT2D eigenvalue weighted by Gasteiger charge is -2.15. The van der Waals surface area contributed by atoms with Gasteiger partial charge in [-0.3, -0.25) is 4.68 Å². The second-order valence-electron chi connectivity index (χ2n) is 9.08. The first kappa shape index (κ1) is 21.6. The number of anilines is 1. The number of hydrogen-bond acceptors (Lipinski definition) is 9. The van der Waals surface area contributed by atoms with Gasteiger partial charge in [0, 0.05) is 17.9 Å². The lowest BCUT2D eigenvalue weighted by atomic mass is 9.90. The van der Waals surface area contributed by atoms with E-state index >= 15 is 0 Å². The topological polar surface area (TPSA) is 136 Å². The fourth-order valence-corrected chi connectivity index (χ4v) is 3.50. The lowest BCUT2D eigenvalue weighted by molar-refractivity contribution is 0.554.